The lowest BCUT2D eigenvalue weighted by Crippen LogP contribution is -2.78. The highest BCUT2D eigenvalue weighted by molar-refractivity contribution is 7.80. The first-order chi connectivity index (χ1) is 48.7. The number of aliphatic hydroxyl groups excluding tert-OH is 3. The predicted molar refractivity (Wildman–Crippen MR) is 377 cm³/mol. The maximum Gasteiger partial charge on any atom is 0.338 e. The Bertz CT molecular complexity index is 3170. The summed E-state index contributed by atoms with van der Waals surface area (Å²) in [5, 5.41) is 80.6. The fraction of sp³-hybridized carbons (Fsp3) is 0.656. The van der Waals surface area contributed by atoms with Crippen LogP contribution in [0, 0.1) is 17.8 Å². The molecule has 39 nitrogen and oxygen atoms in total. The summed E-state index contributed by atoms with van der Waals surface area (Å²) in [6.45, 7) is 13.7. The molecule has 13 amide bonds. The van der Waals surface area contributed by atoms with Crippen molar-refractivity contribution in [2.24, 2.45) is 40.7 Å². The third kappa shape index (κ3) is 30.7. The molecule has 0 aromatic heterocycles. The molecule has 0 bridgehead atoms. The van der Waals surface area contributed by atoms with Crippen molar-refractivity contribution >= 4 is 107 Å². The number of nitrogens with two attached hydrogens (primary N) is 4. The van der Waals surface area contributed by atoms with Crippen LogP contribution in [0.15, 0.2) is 24.3 Å². The molecule has 30 N–H and O–H groups in total. The van der Waals surface area contributed by atoms with Crippen LogP contribution in [-0.2, 0) is 73.5 Å². The van der Waals surface area contributed by atoms with E-state index in [0.29, 0.717) is 5.56 Å². The number of nitrogens with one attached hydrogen (secondary N) is 14. The lowest BCUT2D eigenvalue weighted by molar-refractivity contribution is -0.460. The number of hydrogen-bond acceptors (Lipinski definition) is 19. The highest BCUT2D eigenvalue weighted by Crippen LogP contribution is 2.22. The average Bonchev–Trinajstić information content (AvgIpc) is 1.58. The summed E-state index contributed by atoms with van der Waals surface area (Å²) in [6.07, 6.45) is -3.08. The minimum atomic E-state index is -1.83. The van der Waals surface area contributed by atoms with Crippen LogP contribution in [0.2, 0.25) is 0 Å². The molecule has 104 heavy (non-hydrogen) atoms. The number of phenolic OH excluding ortho intramolecular Hbond substituents is 1. The van der Waals surface area contributed by atoms with Crippen LogP contribution >= 0.6 is 12.6 Å². The van der Waals surface area contributed by atoms with Gasteiger partial charge in [0.1, 0.15) is 84.3 Å². The zero-order chi connectivity index (χ0) is 79.0. The van der Waals surface area contributed by atoms with E-state index in [1.54, 1.807) is 41.5 Å². The number of carboxylic acids is 1. The van der Waals surface area contributed by atoms with Gasteiger partial charge in [-0.2, -0.15) is 12.6 Å². The lowest BCUT2D eigenvalue weighted by atomic mass is 9.99. The van der Waals surface area contributed by atoms with Gasteiger partial charge < -0.3 is 100.0 Å². The molecule has 2 rings (SSSR count). The number of aliphatic hydroxyl groups is 3. The van der Waals surface area contributed by atoms with Crippen LogP contribution in [0.4, 0.5) is 0 Å². The van der Waals surface area contributed by atoms with Crippen molar-refractivity contribution in [2.75, 3.05) is 38.5 Å². The minimum absolute atomic E-state index is 0.0139. The third-order valence-electron chi connectivity index (χ3n) is 16.4. The monoisotopic (exact) mass is 1500 g/mol. The SMILES string of the molecule is CC(C)C[C@H](NC(=O)[C@@H](NC(=O)[C@@H]1CCCN1C(=O)[C@H](CCC[NH+]=C(N)N)NC(=O)[C@@H](NC(=O)[C@H](CCC[NH+]=C(N)N)NC(=O)[C@H](C)NC(=O)[C@H](C)NC(=O)[C@@H](NC(=O)[C@H](CS)NC(=O)[C@@H](NC(=O)C[NH3+])[C@@H](C)O)C(C)C)[C@@H](C)O)C(C)C)C(=O)N[C@@H](CO)C(=O)N[C@@H](Cc1ccc(O)cc1)C(=O)O. The molecular weight excluding hydrogens is 1380 g/mol. The van der Waals surface area contributed by atoms with Crippen LogP contribution in [0.1, 0.15) is 120 Å². The number of phenols is 1. The quantitative estimate of drug-likeness (QED) is 0.0125. The number of aromatic hydroxyl groups is 1. The van der Waals surface area contributed by atoms with Crippen LogP contribution in [-0.4, -0.2) is 254 Å². The molecule has 1 aromatic carbocycles. The number of amides is 13. The van der Waals surface area contributed by atoms with E-state index in [9.17, 15) is 92.7 Å². The van der Waals surface area contributed by atoms with Gasteiger partial charge in [-0.05, 0) is 108 Å². The van der Waals surface area contributed by atoms with Crippen molar-refractivity contribution in [3.8, 4) is 5.75 Å². The maximum absolute atomic E-state index is 14.8. The van der Waals surface area contributed by atoms with Gasteiger partial charge in [0.15, 0.2) is 6.54 Å². The number of benzene rings is 1. The summed E-state index contributed by atoms with van der Waals surface area (Å²) in [6, 6.07) is -13.4. The molecule has 1 aliphatic rings. The molecule has 1 fully saturated rings. The molecule has 0 saturated carbocycles. The molecule has 0 aliphatic carbocycles. The van der Waals surface area contributed by atoms with Gasteiger partial charge in [-0.3, -0.25) is 95.2 Å². The van der Waals surface area contributed by atoms with Gasteiger partial charge in [-0.15, -0.1) is 0 Å². The Kier molecular flexibility index (Phi) is 38.9. The largest absolute Gasteiger partial charge is 0.508 e. The summed E-state index contributed by atoms with van der Waals surface area (Å²) >= 11 is 4.14. The Morgan fingerprint density at radius 1 is 0.529 bits per heavy atom. The maximum atomic E-state index is 14.8. The number of carbonyl (C=O) groups excluding carboxylic acids is 13. The number of carbonyl (C=O) groups is 14. The molecule has 1 heterocycles. The molecule has 1 saturated heterocycles. The molecule has 0 spiro atoms. The summed E-state index contributed by atoms with van der Waals surface area (Å²) in [5.41, 5.74) is 26.2. The van der Waals surface area contributed by atoms with Crippen LogP contribution < -0.4 is 102 Å². The topological polar surface area (TPSA) is 647 Å². The standard InChI is InChI=1S/C64H108N20O19S/c1-29(2)24-40(53(93)78-42(27-85)54(94)77-41(62(102)103)25-36-17-19-37(88)20-18-36)76-58(98)47(31(5)6)82-56(96)44-16-13-23-84(44)61(101)39(15-12-22-71-64(68)69)75-60(100)49(35(10)87)83-52(92)38(14-11-21-70-63(66)67)74-51(91)33(8)72-50(90)32(7)73-57(97)46(30(3)4)81-55(95)43(28-104)79-59(99)48(34(9)86)80-45(89)26-65/h17-20,29-35,38-44,46-49,85-88,104H,11-16,21-28,65H2,1-10H3,(H,72,90)(H,73,97)(H,74,91)(H,75,100)(H,76,98)(H,77,94)(H,78,93)(H,79,99)(H,80,89)(H,81,95)(H,82,96)(H,83,92)(H,102,103)(H4,66,67,70)(H4,68,69,71)/p+3/t32-,33-,34+,35+,38-,39-,40-,41-,42-,43-,44-,46-,47-,48-,49-/m0/s1. The normalized spacial score (nSPS) is 16.7. The van der Waals surface area contributed by atoms with E-state index >= 15 is 0 Å². The van der Waals surface area contributed by atoms with Crippen LogP contribution in [0.5, 0.6) is 5.75 Å². The Morgan fingerprint density at radius 2 is 0.942 bits per heavy atom. The molecule has 40 heteroatoms. The van der Waals surface area contributed by atoms with E-state index in [1.165, 1.54) is 49.9 Å². The predicted octanol–water partition coefficient (Wildman–Crippen LogP) is -12.6. The highest BCUT2D eigenvalue weighted by atomic mass is 32.1. The number of likely N-dealkylation sites (tertiary alicyclic amines) is 1. The van der Waals surface area contributed by atoms with Gasteiger partial charge in [0.05, 0.1) is 31.9 Å². The van der Waals surface area contributed by atoms with E-state index < -0.39 is 192 Å². The molecule has 1 aromatic rings. The molecule has 1 aliphatic heterocycles. The summed E-state index contributed by atoms with van der Waals surface area (Å²) in [4.78, 5) is 197. The van der Waals surface area contributed by atoms with E-state index in [4.69, 9.17) is 22.9 Å². The lowest BCUT2D eigenvalue weighted by Gasteiger charge is -2.32. The van der Waals surface area contributed by atoms with E-state index in [2.05, 4.69) is 92.1 Å². The number of aliphatic carboxylic acids is 1. The zero-order valence-corrected chi connectivity index (χ0v) is 61.4. The third-order valence-corrected chi connectivity index (χ3v) is 16.8. The summed E-state index contributed by atoms with van der Waals surface area (Å²) in [5.74, 6) is -15.4. The van der Waals surface area contributed by atoms with Crippen molar-refractivity contribution in [1.82, 2.24) is 68.7 Å². The molecule has 0 unspecified atom stereocenters. The molecule has 0 radical (unpaired) electrons. The molecule has 584 valence electrons. The Balaban J connectivity index is 2.35. The van der Waals surface area contributed by atoms with Gasteiger partial charge in [-0.1, -0.05) is 53.7 Å². The van der Waals surface area contributed by atoms with Crippen molar-refractivity contribution < 1.29 is 108 Å². The first-order valence-electron chi connectivity index (χ1n) is 34.2. The van der Waals surface area contributed by atoms with Crippen LogP contribution in [0.3, 0.4) is 0 Å². The number of guanidine groups is 2. The number of nitrogens with zero attached hydrogens (tertiary/aromatic N) is 1. The minimum Gasteiger partial charge on any atom is -0.508 e. The Morgan fingerprint density at radius 3 is 1.43 bits per heavy atom. The van der Waals surface area contributed by atoms with Gasteiger partial charge in [0.25, 0.3) is 5.91 Å². The highest BCUT2D eigenvalue weighted by Gasteiger charge is 2.42. The fourth-order valence-electron chi connectivity index (χ4n) is 10.5. The van der Waals surface area contributed by atoms with Gasteiger partial charge in [0.2, 0.25) is 70.9 Å². The number of hydrogen-bond donors (Lipinski definition) is 25. The van der Waals surface area contributed by atoms with E-state index in [0.717, 1.165) is 6.92 Å². The second kappa shape index (κ2) is 44.8. The number of rotatable bonds is 44. The first-order valence-corrected chi connectivity index (χ1v) is 34.9. The van der Waals surface area contributed by atoms with E-state index in [1.807, 2.05) is 0 Å². The summed E-state index contributed by atoms with van der Waals surface area (Å²) < 4.78 is 0. The van der Waals surface area contributed by atoms with Crippen molar-refractivity contribution in [1.29, 1.82) is 0 Å². The van der Waals surface area contributed by atoms with E-state index in [-0.39, 0.29) is 107 Å². The second-order valence-electron chi connectivity index (χ2n) is 26.5. The van der Waals surface area contributed by atoms with Gasteiger partial charge in [0, 0.05) is 18.7 Å². The van der Waals surface area contributed by atoms with Crippen LogP contribution in [0.25, 0.3) is 0 Å². The van der Waals surface area contributed by atoms with Crippen molar-refractivity contribution in [3.05, 3.63) is 29.8 Å². The van der Waals surface area contributed by atoms with Crippen molar-refractivity contribution in [2.45, 2.75) is 211 Å². The smallest absolute Gasteiger partial charge is 0.338 e. The Labute approximate surface area is 608 Å². The fourth-order valence-corrected chi connectivity index (χ4v) is 10.8. The number of quaternary nitrogens is 1. The molecular formula is C64H111N20O19S+3. The van der Waals surface area contributed by atoms with Gasteiger partial charge >= 0.3 is 17.9 Å². The molecule has 15 atom stereocenters. The van der Waals surface area contributed by atoms with Crippen molar-refractivity contribution in [3.63, 3.8) is 0 Å². The zero-order valence-electron chi connectivity index (χ0n) is 60.5. The average molecular weight is 1500 g/mol. The number of carboxylic acid groups (broad SMARTS) is 1. The van der Waals surface area contributed by atoms with Gasteiger partial charge in [-0.25, -0.2) is 4.79 Å². The number of thiol groups is 1. The second-order valence-corrected chi connectivity index (χ2v) is 26.9. The first kappa shape index (κ1) is 90.4. The summed E-state index contributed by atoms with van der Waals surface area (Å²) in [7, 11) is 0. The Hall–Kier alpha value is -9.67.